The van der Waals surface area contributed by atoms with E-state index in [2.05, 4.69) is 0 Å². The smallest absolute Gasteiger partial charge is 0.236 e. The number of imide groups is 1. The van der Waals surface area contributed by atoms with Crippen molar-refractivity contribution in [2.24, 2.45) is 17.6 Å². The second kappa shape index (κ2) is 5.44. The minimum absolute atomic E-state index is 0.00163. The van der Waals surface area contributed by atoms with Crippen molar-refractivity contribution in [2.75, 3.05) is 11.5 Å². The van der Waals surface area contributed by atoms with E-state index in [9.17, 15) is 9.59 Å². The maximum atomic E-state index is 12.3. The van der Waals surface area contributed by atoms with E-state index in [1.165, 1.54) is 4.90 Å². The van der Waals surface area contributed by atoms with Crippen molar-refractivity contribution in [1.82, 2.24) is 0 Å². The number of ether oxygens (including phenoxy) is 1. The van der Waals surface area contributed by atoms with Gasteiger partial charge in [-0.15, -0.1) is 0 Å². The average Bonchev–Trinajstić information content (AvgIpc) is 2.92. The highest BCUT2D eigenvalue weighted by molar-refractivity contribution is 7.80. The van der Waals surface area contributed by atoms with E-state index in [0.29, 0.717) is 17.9 Å². The summed E-state index contributed by atoms with van der Waals surface area (Å²) in [6, 6.07) is 6.86. The Balaban J connectivity index is 1.78. The number of nitrogens with zero attached hydrogens (tertiary/aromatic N) is 1. The van der Waals surface area contributed by atoms with E-state index < -0.39 is 0 Å². The molecule has 2 fully saturated rings. The first-order chi connectivity index (χ1) is 10.1. The third kappa shape index (κ3) is 2.63. The molecule has 21 heavy (non-hydrogen) atoms. The Morgan fingerprint density at radius 3 is 2.29 bits per heavy atom. The molecule has 0 radical (unpaired) electrons. The maximum Gasteiger partial charge on any atom is 0.236 e. The number of benzene rings is 1. The molecule has 1 aliphatic carbocycles. The number of carbonyl (C=O) groups excluding carboxylic acids is 2. The molecule has 5 nitrogen and oxygen atoms in total. The lowest BCUT2D eigenvalue weighted by Crippen LogP contribution is -2.46. The van der Waals surface area contributed by atoms with Crippen LogP contribution >= 0.6 is 12.2 Å². The number of anilines is 1. The van der Waals surface area contributed by atoms with Crippen molar-refractivity contribution in [3.63, 3.8) is 0 Å². The summed E-state index contributed by atoms with van der Waals surface area (Å²) in [5, 5.41) is 0. The van der Waals surface area contributed by atoms with Crippen LogP contribution < -0.4 is 15.4 Å². The van der Waals surface area contributed by atoms with Crippen LogP contribution in [0.5, 0.6) is 5.75 Å². The van der Waals surface area contributed by atoms with Gasteiger partial charge in [0.05, 0.1) is 5.69 Å². The number of hydrogen-bond acceptors (Lipinski definition) is 4. The Labute approximate surface area is 128 Å². The van der Waals surface area contributed by atoms with Gasteiger partial charge in [-0.25, -0.2) is 0 Å². The fourth-order valence-corrected chi connectivity index (χ4v) is 3.06. The van der Waals surface area contributed by atoms with Crippen molar-refractivity contribution >= 4 is 34.7 Å². The normalized spacial score (nSPS) is 24.3. The number of nitrogens with two attached hydrogens (primary N) is 1. The van der Waals surface area contributed by atoms with Crippen molar-refractivity contribution in [2.45, 2.75) is 19.3 Å². The van der Waals surface area contributed by atoms with Gasteiger partial charge in [0.2, 0.25) is 11.8 Å². The minimum Gasteiger partial charge on any atom is -0.487 e. The van der Waals surface area contributed by atoms with Crippen LogP contribution in [0.3, 0.4) is 0 Å². The summed E-state index contributed by atoms with van der Waals surface area (Å²) in [5.41, 5.74) is 5.97. The number of carbonyl (C=O) groups is 2. The van der Waals surface area contributed by atoms with E-state index in [4.69, 9.17) is 22.7 Å². The molecule has 0 spiro atoms. The first-order valence-electron chi connectivity index (χ1n) is 6.95. The summed E-state index contributed by atoms with van der Waals surface area (Å²) in [6.45, 7) is 0.167. The van der Waals surface area contributed by atoms with E-state index in [1.54, 1.807) is 24.3 Å². The summed E-state index contributed by atoms with van der Waals surface area (Å²) in [5.74, 6) is 0.444. The van der Waals surface area contributed by atoms with Crippen molar-refractivity contribution in [3.8, 4) is 5.75 Å². The molecule has 2 aliphatic rings. The van der Waals surface area contributed by atoms with Crippen LogP contribution in [0.4, 0.5) is 5.69 Å². The number of amides is 2. The van der Waals surface area contributed by atoms with Gasteiger partial charge in [0.1, 0.15) is 17.3 Å². The summed E-state index contributed by atoms with van der Waals surface area (Å²) < 4.78 is 5.36. The monoisotopic (exact) mass is 304 g/mol. The molecule has 2 amide bonds. The molecule has 3 rings (SSSR count). The Hall–Kier alpha value is -1.95. The van der Waals surface area contributed by atoms with Gasteiger partial charge in [0.25, 0.3) is 0 Å². The zero-order valence-electron chi connectivity index (χ0n) is 11.5. The van der Waals surface area contributed by atoms with E-state index >= 15 is 0 Å². The Kier molecular flexibility index (Phi) is 3.63. The summed E-state index contributed by atoms with van der Waals surface area (Å²) in [6.07, 6.45) is 2.35. The van der Waals surface area contributed by atoms with Crippen molar-refractivity contribution < 1.29 is 14.3 Å². The number of piperidine rings is 1. The van der Waals surface area contributed by atoms with Crippen LogP contribution in [0.2, 0.25) is 0 Å². The van der Waals surface area contributed by atoms with Crippen molar-refractivity contribution in [1.29, 1.82) is 0 Å². The van der Waals surface area contributed by atoms with E-state index in [-0.39, 0.29) is 35.2 Å². The molecule has 0 aromatic heterocycles. The molecule has 6 heteroatoms. The van der Waals surface area contributed by atoms with Crippen LogP contribution in [0.15, 0.2) is 24.3 Å². The number of thiocarbonyl (C=S) groups is 1. The van der Waals surface area contributed by atoms with Gasteiger partial charge in [-0.1, -0.05) is 12.2 Å². The predicted octanol–water partition coefficient (Wildman–Crippen LogP) is 1.64. The maximum absolute atomic E-state index is 12.3. The average molecular weight is 304 g/mol. The van der Waals surface area contributed by atoms with Gasteiger partial charge < -0.3 is 10.5 Å². The topological polar surface area (TPSA) is 72.6 Å². The van der Waals surface area contributed by atoms with Crippen LogP contribution in [0, 0.1) is 11.8 Å². The molecule has 2 N–H and O–H groups in total. The standard InChI is InChI=1S/C15H16N2O3S/c16-13(21)8-20-12-5-3-11(4-6-12)17-14(18)9-1-2-10(7-9)15(17)19/h3-6,9-10H,1-2,7-8H2,(H2,16,21). The molecule has 2 bridgehead atoms. The number of hydrogen-bond donors (Lipinski definition) is 1. The number of rotatable bonds is 4. The van der Waals surface area contributed by atoms with Crippen LogP contribution in [0.1, 0.15) is 19.3 Å². The molecule has 1 aliphatic heterocycles. The van der Waals surface area contributed by atoms with Gasteiger partial charge >= 0.3 is 0 Å². The van der Waals surface area contributed by atoms with Gasteiger partial charge in [0, 0.05) is 11.8 Å². The molecule has 1 aromatic rings. The Bertz CT molecular complexity index is 577. The second-order valence-electron chi connectivity index (χ2n) is 5.47. The third-order valence-corrected chi connectivity index (χ3v) is 4.17. The highest BCUT2D eigenvalue weighted by atomic mass is 32.1. The largest absolute Gasteiger partial charge is 0.487 e. The number of fused-ring (bicyclic) bond motifs is 2. The van der Waals surface area contributed by atoms with Crippen LogP contribution in [0.25, 0.3) is 0 Å². The molecular weight excluding hydrogens is 288 g/mol. The minimum atomic E-state index is -0.0782. The van der Waals surface area contributed by atoms with Gasteiger partial charge in [-0.2, -0.15) is 0 Å². The summed E-state index contributed by atoms with van der Waals surface area (Å²) in [4.78, 5) is 26.3. The van der Waals surface area contributed by atoms with Gasteiger partial charge in [-0.3, -0.25) is 14.5 Å². The molecule has 1 saturated carbocycles. The fraction of sp³-hybridized carbons (Fsp3) is 0.400. The first-order valence-corrected chi connectivity index (χ1v) is 7.36. The van der Waals surface area contributed by atoms with Gasteiger partial charge in [0.15, 0.2) is 0 Å². The molecule has 2 atom stereocenters. The summed E-state index contributed by atoms with van der Waals surface area (Å²) in [7, 11) is 0. The lowest BCUT2D eigenvalue weighted by atomic mass is 9.96. The van der Waals surface area contributed by atoms with Crippen LogP contribution in [-0.4, -0.2) is 23.4 Å². The predicted molar refractivity (Wildman–Crippen MR) is 82.0 cm³/mol. The summed E-state index contributed by atoms with van der Waals surface area (Å²) >= 11 is 4.74. The highest BCUT2D eigenvalue weighted by Gasteiger charge is 2.45. The lowest BCUT2D eigenvalue weighted by molar-refractivity contribution is -0.132. The molecule has 1 aromatic carbocycles. The van der Waals surface area contributed by atoms with E-state index in [0.717, 1.165) is 12.8 Å². The lowest BCUT2D eigenvalue weighted by Gasteiger charge is -2.29. The second-order valence-corrected chi connectivity index (χ2v) is 5.99. The first kappa shape index (κ1) is 14.0. The van der Waals surface area contributed by atoms with Gasteiger partial charge in [-0.05, 0) is 43.5 Å². The van der Waals surface area contributed by atoms with E-state index in [1.807, 2.05) is 0 Å². The molecule has 110 valence electrons. The zero-order chi connectivity index (χ0) is 15.0. The fourth-order valence-electron chi connectivity index (χ4n) is 3.00. The highest BCUT2D eigenvalue weighted by Crippen LogP contribution is 2.40. The molecular formula is C15H16N2O3S. The molecule has 2 unspecified atom stereocenters. The Morgan fingerprint density at radius 2 is 1.76 bits per heavy atom. The SMILES string of the molecule is NC(=S)COc1ccc(N2C(=O)C3CCC(C3)C2=O)cc1. The molecule has 1 saturated heterocycles. The molecule has 1 heterocycles. The zero-order valence-corrected chi connectivity index (χ0v) is 12.3. The quantitative estimate of drug-likeness (QED) is 0.676. The third-order valence-electron chi connectivity index (χ3n) is 4.05. The van der Waals surface area contributed by atoms with Crippen molar-refractivity contribution in [3.05, 3.63) is 24.3 Å². The Morgan fingerprint density at radius 1 is 1.19 bits per heavy atom. The van der Waals surface area contributed by atoms with Crippen LogP contribution in [-0.2, 0) is 9.59 Å².